The fourth-order valence-corrected chi connectivity index (χ4v) is 3.23. The Kier molecular flexibility index (Phi) is 4.73. The summed E-state index contributed by atoms with van der Waals surface area (Å²) in [4.78, 5) is 24.4. The van der Waals surface area contributed by atoms with Crippen molar-refractivity contribution in [2.45, 2.75) is 6.10 Å². The number of carbonyl (C=O) groups is 1. The summed E-state index contributed by atoms with van der Waals surface area (Å²) in [6, 6.07) is 3.55. The molecular formula is C17H13F2N5O2S. The van der Waals surface area contributed by atoms with Crippen molar-refractivity contribution in [1.29, 1.82) is 0 Å². The molecule has 2 N–H and O–H groups in total. The van der Waals surface area contributed by atoms with Crippen LogP contribution in [-0.4, -0.2) is 40.1 Å². The van der Waals surface area contributed by atoms with E-state index >= 15 is 0 Å². The van der Waals surface area contributed by atoms with Crippen LogP contribution in [0.25, 0.3) is 10.6 Å². The van der Waals surface area contributed by atoms with Crippen molar-refractivity contribution in [1.82, 2.24) is 20.3 Å². The van der Waals surface area contributed by atoms with Crippen molar-refractivity contribution >= 4 is 22.9 Å². The van der Waals surface area contributed by atoms with Gasteiger partial charge in [-0.25, -0.2) is 18.7 Å². The first kappa shape index (κ1) is 17.4. The number of aromatic nitrogens is 3. The summed E-state index contributed by atoms with van der Waals surface area (Å²) in [7, 11) is 0. The Morgan fingerprint density at radius 1 is 1.30 bits per heavy atom. The third kappa shape index (κ3) is 3.62. The Morgan fingerprint density at radius 2 is 2.07 bits per heavy atom. The van der Waals surface area contributed by atoms with Crippen LogP contribution in [0, 0.1) is 11.6 Å². The maximum atomic E-state index is 13.9. The number of hydrogen-bond donors (Lipinski definition) is 2. The van der Waals surface area contributed by atoms with Crippen LogP contribution in [0.5, 0.6) is 5.88 Å². The lowest BCUT2D eigenvalue weighted by molar-refractivity contribution is 0.102. The van der Waals surface area contributed by atoms with Gasteiger partial charge in [-0.05, 0) is 12.1 Å². The van der Waals surface area contributed by atoms with Crippen LogP contribution in [-0.2, 0) is 0 Å². The average Bonchev–Trinajstić information content (AvgIpc) is 3.09. The zero-order chi connectivity index (χ0) is 18.8. The van der Waals surface area contributed by atoms with E-state index in [1.165, 1.54) is 24.0 Å². The minimum atomic E-state index is -0.738. The molecule has 0 aliphatic carbocycles. The maximum absolute atomic E-state index is 13.9. The Balaban J connectivity index is 1.54. The second kappa shape index (κ2) is 7.33. The molecule has 2 aromatic heterocycles. The molecule has 27 heavy (non-hydrogen) atoms. The topological polar surface area (TPSA) is 89.0 Å². The van der Waals surface area contributed by atoms with Gasteiger partial charge in [0.05, 0.1) is 11.8 Å². The number of ether oxygens (including phenoxy) is 1. The van der Waals surface area contributed by atoms with Gasteiger partial charge in [0, 0.05) is 18.5 Å². The molecule has 0 bridgehead atoms. The zero-order valence-electron chi connectivity index (χ0n) is 13.8. The molecule has 1 aliphatic rings. The van der Waals surface area contributed by atoms with Crippen LogP contribution in [0.4, 0.5) is 14.5 Å². The lowest BCUT2D eigenvalue weighted by Gasteiger charge is -2.27. The van der Waals surface area contributed by atoms with E-state index < -0.39 is 17.5 Å². The molecule has 0 unspecified atom stereocenters. The predicted molar refractivity (Wildman–Crippen MR) is 94.7 cm³/mol. The van der Waals surface area contributed by atoms with E-state index in [2.05, 4.69) is 25.6 Å². The highest BCUT2D eigenvalue weighted by molar-refractivity contribution is 7.13. The first-order valence-corrected chi connectivity index (χ1v) is 8.88. The first-order chi connectivity index (χ1) is 13.1. The maximum Gasteiger partial charge on any atom is 0.275 e. The van der Waals surface area contributed by atoms with E-state index in [1.807, 2.05) is 0 Å². The summed E-state index contributed by atoms with van der Waals surface area (Å²) < 4.78 is 33.5. The second-order valence-corrected chi connectivity index (χ2v) is 6.59. The minimum absolute atomic E-state index is 0.0227. The van der Waals surface area contributed by atoms with Crippen LogP contribution in [0.2, 0.25) is 0 Å². The van der Waals surface area contributed by atoms with Gasteiger partial charge in [0.15, 0.2) is 0 Å². The molecule has 7 nitrogen and oxygen atoms in total. The number of amides is 1. The van der Waals surface area contributed by atoms with Gasteiger partial charge < -0.3 is 15.4 Å². The summed E-state index contributed by atoms with van der Waals surface area (Å²) in [6.45, 7) is 1.39. The van der Waals surface area contributed by atoms with Crippen molar-refractivity contribution in [2.75, 3.05) is 18.4 Å². The zero-order valence-corrected chi connectivity index (χ0v) is 14.6. The number of benzene rings is 1. The van der Waals surface area contributed by atoms with Gasteiger partial charge in [0.25, 0.3) is 5.91 Å². The Hall–Kier alpha value is -2.98. The van der Waals surface area contributed by atoms with Gasteiger partial charge in [-0.3, -0.25) is 4.79 Å². The van der Waals surface area contributed by atoms with Gasteiger partial charge >= 0.3 is 0 Å². The quantitative estimate of drug-likeness (QED) is 0.697. The van der Waals surface area contributed by atoms with Gasteiger partial charge in [0.1, 0.15) is 40.5 Å². The highest BCUT2D eigenvalue weighted by atomic mass is 32.1. The molecular weight excluding hydrogens is 376 g/mol. The first-order valence-electron chi connectivity index (χ1n) is 8.00. The molecule has 138 valence electrons. The molecule has 1 saturated heterocycles. The molecule has 10 heteroatoms. The number of nitrogens with zero attached hydrogens (tertiary/aromatic N) is 3. The van der Waals surface area contributed by atoms with Gasteiger partial charge in [-0.2, -0.15) is 4.98 Å². The Labute approximate surface area is 156 Å². The molecule has 0 atom stereocenters. The number of rotatable bonds is 5. The smallest absolute Gasteiger partial charge is 0.275 e. The summed E-state index contributed by atoms with van der Waals surface area (Å²) in [5, 5.41) is 7.20. The molecule has 4 rings (SSSR count). The summed E-state index contributed by atoms with van der Waals surface area (Å²) >= 11 is 0.975. The fourth-order valence-electron chi connectivity index (χ4n) is 2.38. The molecule has 0 saturated carbocycles. The SMILES string of the molecule is O=C(Nc1cncnc1OC1CNC1)c1csc(-c2c(F)cccc2F)n1. The van der Waals surface area contributed by atoms with Crippen LogP contribution >= 0.6 is 11.3 Å². The van der Waals surface area contributed by atoms with Crippen molar-refractivity contribution in [2.24, 2.45) is 0 Å². The monoisotopic (exact) mass is 389 g/mol. The molecule has 3 aromatic rings. The largest absolute Gasteiger partial charge is 0.470 e. The number of thiazole rings is 1. The van der Waals surface area contributed by atoms with E-state index in [4.69, 9.17) is 4.74 Å². The van der Waals surface area contributed by atoms with E-state index in [0.29, 0.717) is 18.8 Å². The molecule has 0 spiro atoms. The van der Waals surface area contributed by atoms with Crippen molar-refractivity contribution in [3.63, 3.8) is 0 Å². The Bertz CT molecular complexity index is 973. The standard InChI is InChI=1S/C17H13F2N5O2S/c18-10-2-1-3-11(19)14(10)17-24-13(7-27-17)15(25)23-12-6-21-8-22-16(12)26-9-4-20-5-9/h1-3,6-9,20H,4-5H2,(H,23,25). The molecule has 0 radical (unpaired) electrons. The lowest BCUT2D eigenvalue weighted by Crippen LogP contribution is -2.50. The van der Waals surface area contributed by atoms with Crippen LogP contribution in [0.15, 0.2) is 36.1 Å². The molecule has 1 amide bonds. The van der Waals surface area contributed by atoms with Crippen LogP contribution in [0.3, 0.4) is 0 Å². The number of carbonyl (C=O) groups excluding carboxylic acids is 1. The van der Waals surface area contributed by atoms with E-state index in [-0.39, 0.29) is 28.2 Å². The number of anilines is 1. The summed E-state index contributed by atoms with van der Waals surface area (Å²) in [5.41, 5.74) is 0.0601. The fraction of sp³-hybridized carbons (Fsp3) is 0.176. The number of hydrogen-bond acceptors (Lipinski definition) is 7. The predicted octanol–water partition coefficient (Wildman–Crippen LogP) is 2.48. The molecule has 1 aromatic carbocycles. The highest BCUT2D eigenvalue weighted by Gasteiger charge is 2.22. The molecule has 1 aliphatic heterocycles. The van der Waals surface area contributed by atoms with Crippen molar-refractivity contribution in [3.8, 4) is 16.5 Å². The van der Waals surface area contributed by atoms with Crippen LogP contribution in [0.1, 0.15) is 10.5 Å². The summed E-state index contributed by atoms with van der Waals surface area (Å²) in [5.74, 6) is -1.78. The van der Waals surface area contributed by atoms with Gasteiger partial charge in [-0.15, -0.1) is 11.3 Å². The van der Waals surface area contributed by atoms with Crippen LogP contribution < -0.4 is 15.4 Å². The molecule has 3 heterocycles. The van der Waals surface area contributed by atoms with Crippen molar-refractivity contribution in [3.05, 3.63) is 53.4 Å². The lowest BCUT2D eigenvalue weighted by atomic mass is 10.2. The summed E-state index contributed by atoms with van der Waals surface area (Å²) in [6.07, 6.45) is 2.71. The number of halogens is 2. The van der Waals surface area contributed by atoms with E-state index in [9.17, 15) is 13.6 Å². The molecule has 1 fully saturated rings. The van der Waals surface area contributed by atoms with Gasteiger partial charge in [-0.1, -0.05) is 6.07 Å². The average molecular weight is 389 g/mol. The van der Waals surface area contributed by atoms with Gasteiger partial charge in [0.2, 0.25) is 5.88 Å². The number of nitrogens with one attached hydrogen (secondary N) is 2. The van der Waals surface area contributed by atoms with E-state index in [1.54, 1.807) is 0 Å². The normalized spacial score (nSPS) is 13.9. The highest BCUT2D eigenvalue weighted by Crippen LogP contribution is 2.29. The third-order valence-electron chi connectivity index (χ3n) is 3.86. The Morgan fingerprint density at radius 3 is 2.78 bits per heavy atom. The third-order valence-corrected chi connectivity index (χ3v) is 4.72. The second-order valence-electron chi connectivity index (χ2n) is 5.73. The minimum Gasteiger partial charge on any atom is -0.470 e. The van der Waals surface area contributed by atoms with Crippen molar-refractivity contribution < 1.29 is 18.3 Å². The van der Waals surface area contributed by atoms with E-state index in [0.717, 1.165) is 23.5 Å².